The number of benzene rings is 1. The highest BCUT2D eigenvalue weighted by atomic mass is 19.1. The van der Waals surface area contributed by atoms with Crippen molar-refractivity contribution in [3.8, 4) is 5.75 Å². The monoisotopic (exact) mass is 210 g/mol. The van der Waals surface area contributed by atoms with E-state index in [0.29, 0.717) is 6.61 Å². The predicted octanol–water partition coefficient (Wildman–Crippen LogP) is 3.72. The maximum absolute atomic E-state index is 12.5. The van der Waals surface area contributed by atoms with E-state index in [1.165, 1.54) is 5.56 Å². The van der Waals surface area contributed by atoms with Crippen molar-refractivity contribution < 1.29 is 9.13 Å². The van der Waals surface area contributed by atoms with Crippen LogP contribution in [0.4, 0.5) is 4.39 Å². The largest absolute Gasteiger partial charge is 0.494 e. The van der Waals surface area contributed by atoms with Crippen LogP contribution < -0.4 is 4.74 Å². The van der Waals surface area contributed by atoms with Gasteiger partial charge in [0.05, 0.1) is 13.3 Å². The van der Waals surface area contributed by atoms with E-state index in [9.17, 15) is 4.39 Å². The molecule has 0 aliphatic carbocycles. The van der Waals surface area contributed by atoms with Gasteiger partial charge in [-0.15, -0.1) is 0 Å². The molecule has 0 heterocycles. The van der Waals surface area contributed by atoms with E-state index in [1.54, 1.807) is 0 Å². The zero-order valence-corrected chi connectivity index (χ0v) is 9.72. The topological polar surface area (TPSA) is 9.23 Å². The van der Waals surface area contributed by atoms with E-state index in [1.807, 2.05) is 32.0 Å². The van der Waals surface area contributed by atoms with Crippen molar-refractivity contribution in [3.63, 3.8) is 0 Å². The minimum Gasteiger partial charge on any atom is -0.494 e. The van der Waals surface area contributed by atoms with Crippen molar-refractivity contribution >= 4 is 0 Å². The molecule has 84 valence electrons. The number of ether oxygens (including phenoxy) is 1. The van der Waals surface area contributed by atoms with Gasteiger partial charge in [0.25, 0.3) is 0 Å². The minimum atomic E-state index is -0.322. The quantitative estimate of drug-likeness (QED) is 0.719. The molecule has 0 aromatic heterocycles. The summed E-state index contributed by atoms with van der Waals surface area (Å²) in [6.07, 6.45) is 0.944. The molecule has 0 aliphatic rings. The van der Waals surface area contributed by atoms with Crippen LogP contribution in [0.2, 0.25) is 0 Å². The average molecular weight is 210 g/mol. The van der Waals surface area contributed by atoms with Crippen LogP contribution in [0.1, 0.15) is 37.8 Å². The minimum absolute atomic E-state index is 0.0462. The second-order valence-corrected chi connectivity index (χ2v) is 3.71. The molecule has 0 saturated heterocycles. The van der Waals surface area contributed by atoms with Crippen LogP contribution in [0.15, 0.2) is 18.2 Å². The van der Waals surface area contributed by atoms with E-state index in [2.05, 4.69) is 6.92 Å². The Kier molecular flexibility index (Phi) is 4.60. The Morgan fingerprint density at radius 3 is 2.60 bits per heavy atom. The molecule has 0 spiro atoms. The lowest BCUT2D eigenvalue weighted by atomic mass is 9.99. The van der Waals surface area contributed by atoms with E-state index in [0.717, 1.165) is 17.7 Å². The average Bonchev–Trinajstić information content (AvgIpc) is 2.28. The predicted molar refractivity (Wildman–Crippen MR) is 61.4 cm³/mol. The zero-order valence-electron chi connectivity index (χ0n) is 9.72. The Morgan fingerprint density at radius 1 is 1.33 bits per heavy atom. The SMILES string of the molecule is CCOc1cc(C(C)CF)ccc1CC. The van der Waals surface area contributed by atoms with Gasteiger partial charge < -0.3 is 4.74 Å². The molecule has 1 atom stereocenters. The van der Waals surface area contributed by atoms with Crippen LogP contribution in [-0.4, -0.2) is 13.3 Å². The van der Waals surface area contributed by atoms with Crippen LogP contribution in [0.25, 0.3) is 0 Å². The second kappa shape index (κ2) is 5.74. The number of rotatable bonds is 5. The molecular weight excluding hydrogens is 191 g/mol. The highest BCUT2D eigenvalue weighted by Gasteiger charge is 2.08. The first-order chi connectivity index (χ1) is 7.22. The van der Waals surface area contributed by atoms with Crippen molar-refractivity contribution in [2.24, 2.45) is 0 Å². The molecule has 1 aromatic rings. The molecule has 2 heteroatoms. The van der Waals surface area contributed by atoms with Gasteiger partial charge >= 0.3 is 0 Å². The van der Waals surface area contributed by atoms with Gasteiger partial charge in [0.2, 0.25) is 0 Å². The summed E-state index contributed by atoms with van der Waals surface area (Å²) >= 11 is 0. The first-order valence-corrected chi connectivity index (χ1v) is 5.54. The molecule has 0 saturated carbocycles. The van der Waals surface area contributed by atoms with Crippen molar-refractivity contribution in [3.05, 3.63) is 29.3 Å². The van der Waals surface area contributed by atoms with Gasteiger partial charge in [-0.2, -0.15) is 0 Å². The molecule has 1 rings (SSSR count). The van der Waals surface area contributed by atoms with E-state index in [-0.39, 0.29) is 12.6 Å². The highest BCUT2D eigenvalue weighted by molar-refractivity contribution is 5.38. The third-order valence-electron chi connectivity index (χ3n) is 2.57. The van der Waals surface area contributed by atoms with Crippen LogP contribution in [0.3, 0.4) is 0 Å². The van der Waals surface area contributed by atoms with Gasteiger partial charge in [-0.3, -0.25) is 4.39 Å². The molecule has 1 nitrogen and oxygen atoms in total. The lowest BCUT2D eigenvalue weighted by molar-refractivity contribution is 0.336. The van der Waals surface area contributed by atoms with Crippen LogP contribution >= 0.6 is 0 Å². The summed E-state index contributed by atoms with van der Waals surface area (Å²) in [6, 6.07) is 5.99. The molecule has 0 amide bonds. The summed E-state index contributed by atoms with van der Waals surface area (Å²) in [7, 11) is 0. The molecule has 1 aromatic carbocycles. The zero-order chi connectivity index (χ0) is 11.3. The lowest BCUT2D eigenvalue weighted by Gasteiger charge is -2.13. The molecule has 0 radical (unpaired) electrons. The van der Waals surface area contributed by atoms with Gasteiger partial charge in [0.1, 0.15) is 5.75 Å². The normalized spacial score (nSPS) is 12.5. The maximum Gasteiger partial charge on any atom is 0.122 e. The molecule has 0 aliphatic heterocycles. The van der Waals surface area contributed by atoms with Crippen LogP contribution in [-0.2, 0) is 6.42 Å². The van der Waals surface area contributed by atoms with Gasteiger partial charge in [0, 0.05) is 5.92 Å². The maximum atomic E-state index is 12.5. The fraction of sp³-hybridized carbons (Fsp3) is 0.538. The molecule has 15 heavy (non-hydrogen) atoms. The van der Waals surface area contributed by atoms with Crippen LogP contribution in [0, 0.1) is 0 Å². The van der Waals surface area contributed by atoms with Gasteiger partial charge in [-0.05, 0) is 30.5 Å². The summed E-state index contributed by atoms with van der Waals surface area (Å²) < 4.78 is 18.1. The molecule has 0 bridgehead atoms. The van der Waals surface area contributed by atoms with E-state index >= 15 is 0 Å². The third-order valence-corrected chi connectivity index (χ3v) is 2.57. The van der Waals surface area contributed by atoms with Crippen molar-refractivity contribution in [2.45, 2.75) is 33.1 Å². The summed E-state index contributed by atoms with van der Waals surface area (Å²) in [4.78, 5) is 0. The summed E-state index contributed by atoms with van der Waals surface area (Å²) in [5.74, 6) is 0.855. The van der Waals surface area contributed by atoms with Gasteiger partial charge in [-0.25, -0.2) is 0 Å². The summed E-state index contributed by atoms with van der Waals surface area (Å²) in [6.45, 7) is 6.27. The van der Waals surface area contributed by atoms with Crippen molar-refractivity contribution in [1.82, 2.24) is 0 Å². The fourth-order valence-electron chi connectivity index (χ4n) is 1.55. The van der Waals surface area contributed by atoms with Crippen molar-refractivity contribution in [2.75, 3.05) is 13.3 Å². The Bertz CT molecular complexity index is 309. The van der Waals surface area contributed by atoms with Gasteiger partial charge in [0.15, 0.2) is 0 Å². The van der Waals surface area contributed by atoms with Crippen molar-refractivity contribution in [1.29, 1.82) is 0 Å². The number of aryl methyl sites for hydroxylation is 1. The Labute approximate surface area is 91.3 Å². The third kappa shape index (κ3) is 2.95. The first-order valence-electron chi connectivity index (χ1n) is 5.54. The summed E-state index contributed by atoms with van der Waals surface area (Å²) in [5, 5.41) is 0. The van der Waals surface area contributed by atoms with E-state index < -0.39 is 0 Å². The fourth-order valence-corrected chi connectivity index (χ4v) is 1.55. The number of halogens is 1. The standard InChI is InChI=1S/C13H19FO/c1-4-11-6-7-12(10(3)9-14)8-13(11)15-5-2/h6-8,10H,4-5,9H2,1-3H3. The number of alkyl halides is 1. The Balaban J connectivity index is 2.98. The van der Waals surface area contributed by atoms with E-state index in [4.69, 9.17) is 4.74 Å². The molecule has 0 N–H and O–H groups in total. The lowest BCUT2D eigenvalue weighted by Crippen LogP contribution is -2.00. The first kappa shape index (κ1) is 12.0. The Hall–Kier alpha value is -1.05. The molecular formula is C13H19FO. The molecule has 1 unspecified atom stereocenters. The Morgan fingerprint density at radius 2 is 2.07 bits per heavy atom. The van der Waals surface area contributed by atoms with Crippen LogP contribution in [0.5, 0.6) is 5.75 Å². The highest BCUT2D eigenvalue weighted by Crippen LogP contribution is 2.25. The second-order valence-electron chi connectivity index (χ2n) is 3.71. The summed E-state index contributed by atoms with van der Waals surface area (Å²) in [5.41, 5.74) is 2.20. The number of hydrogen-bond acceptors (Lipinski definition) is 1. The molecule has 0 fully saturated rings. The van der Waals surface area contributed by atoms with Gasteiger partial charge in [-0.1, -0.05) is 26.0 Å². The smallest absolute Gasteiger partial charge is 0.122 e. The number of hydrogen-bond donors (Lipinski definition) is 0.